The van der Waals surface area contributed by atoms with Crippen LogP contribution >= 0.6 is 22.7 Å². The lowest BCUT2D eigenvalue weighted by atomic mass is 9.86. The van der Waals surface area contributed by atoms with Gasteiger partial charge in [0.25, 0.3) is 0 Å². The molecule has 3 N–H and O–H groups in total. The first-order valence-electron chi connectivity index (χ1n) is 20.5. The summed E-state index contributed by atoms with van der Waals surface area (Å²) in [5.41, 5.74) is 6.91. The number of thiophene rings is 2. The van der Waals surface area contributed by atoms with Crippen LogP contribution in [0.2, 0.25) is 0 Å². The lowest BCUT2D eigenvalue weighted by Crippen LogP contribution is -2.47. The molecule has 2 aliphatic carbocycles. The van der Waals surface area contributed by atoms with Gasteiger partial charge in [0.15, 0.2) is 0 Å². The number of aliphatic carboxylic acids is 1. The van der Waals surface area contributed by atoms with Crippen LogP contribution in [-0.2, 0) is 48.4 Å². The summed E-state index contributed by atoms with van der Waals surface area (Å²) in [7, 11) is 4.26. The fourth-order valence-corrected chi connectivity index (χ4v) is 11.6. The fraction of sp³-hybridized carbons (Fsp3) is 0.395. The van der Waals surface area contributed by atoms with E-state index in [4.69, 9.17) is 0 Å². The van der Waals surface area contributed by atoms with E-state index < -0.39 is 5.97 Å². The van der Waals surface area contributed by atoms with Crippen molar-refractivity contribution < 1.29 is 14.7 Å². The Hall–Kier alpha value is -5.78. The lowest BCUT2D eigenvalue weighted by Gasteiger charge is -2.37. The van der Waals surface area contributed by atoms with E-state index in [2.05, 4.69) is 74.4 Å². The van der Waals surface area contributed by atoms with Crippen LogP contribution in [0.3, 0.4) is 0 Å². The Labute approximate surface area is 354 Å². The molecule has 0 unspecified atom stereocenters. The first-order valence-corrected chi connectivity index (χ1v) is 22.1. The van der Waals surface area contributed by atoms with E-state index in [0.717, 1.165) is 122 Å². The van der Waals surface area contributed by atoms with Gasteiger partial charge in [0.2, 0.25) is 5.91 Å². The third-order valence-corrected chi connectivity index (χ3v) is 14.7. The number of aryl methyl sites for hydroxylation is 2. The summed E-state index contributed by atoms with van der Waals surface area (Å²) in [6, 6.07) is 4.58. The molecule has 17 heteroatoms. The number of aromatic nitrogens is 6. The van der Waals surface area contributed by atoms with Crippen molar-refractivity contribution in [1.29, 1.82) is 0 Å². The Balaban J connectivity index is 0.000000149. The average molecular weight is 841 g/mol. The summed E-state index contributed by atoms with van der Waals surface area (Å²) < 4.78 is 0. The van der Waals surface area contributed by atoms with Gasteiger partial charge in [0, 0.05) is 81.9 Å². The number of hydrogen-bond acceptors (Lipinski definition) is 15. The number of likely N-dealkylation sites (tertiary alicyclic amines) is 1. The largest absolute Gasteiger partial charge is 0.481 e. The molecule has 60 heavy (non-hydrogen) atoms. The van der Waals surface area contributed by atoms with Crippen molar-refractivity contribution in [2.45, 2.75) is 70.5 Å². The number of amides is 1. The molecule has 2 atom stereocenters. The number of nitrogens with one attached hydrogen (secondary N) is 2. The predicted molar refractivity (Wildman–Crippen MR) is 234 cm³/mol. The number of carbonyl (C=O) groups is 2. The van der Waals surface area contributed by atoms with Gasteiger partial charge in [-0.05, 0) is 88.7 Å². The first-order chi connectivity index (χ1) is 29.3. The Morgan fingerprint density at radius 3 is 1.75 bits per heavy atom. The van der Waals surface area contributed by atoms with Crippen LogP contribution in [-0.4, -0.2) is 102 Å². The van der Waals surface area contributed by atoms with Gasteiger partial charge < -0.3 is 25.5 Å². The molecule has 0 bridgehead atoms. The van der Waals surface area contributed by atoms with E-state index in [1.807, 2.05) is 37.0 Å². The number of piperidine rings is 1. The quantitative estimate of drug-likeness (QED) is 0.162. The molecule has 5 aliphatic rings. The van der Waals surface area contributed by atoms with Gasteiger partial charge >= 0.3 is 5.97 Å². The van der Waals surface area contributed by atoms with Crippen molar-refractivity contribution in [3.8, 4) is 0 Å². The molecule has 0 radical (unpaired) electrons. The van der Waals surface area contributed by atoms with Crippen molar-refractivity contribution in [2.24, 2.45) is 21.8 Å². The third-order valence-electron chi connectivity index (χ3n) is 12.4. The van der Waals surface area contributed by atoms with Gasteiger partial charge in [-0.2, -0.15) is 0 Å². The van der Waals surface area contributed by atoms with Crippen molar-refractivity contribution in [3.63, 3.8) is 0 Å². The molecule has 3 aliphatic heterocycles. The van der Waals surface area contributed by atoms with Crippen LogP contribution in [0.4, 0.5) is 23.3 Å². The Morgan fingerprint density at radius 1 is 0.717 bits per heavy atom. The maximum atomic E-state index is 13.3. The van der Waals surface area contributed by atoms with Crippen LogP contribution in [0.15, 0.2) is 47.2 Å². The van der Waals surface area contributed by atoms with Crippen LogP contribution in [0.5, 0.6) is 0 Å². The van der Waals surface area contributed by atoms with Crippen LogP contribution in [0.1, 0.15) is 68.8 Å². The van der Waals surface area contributed by atoms with E-state index >= 15 is 0 Å². The van der Waals surface area contributed by atoms with E-state index in [0.29, 0.717) is 37.9 Å². The minimum atomic E-state index is -0.721. The molecule has 0 saturated carbocycles. The first kappa shape index (κ1) is 38.4. The van der Waals surface area contributed by atoms with Crippen LogP contribution < -0.4 is 10.6 Å². The minimum absolute atomic E-state index is 0.0681. The van der Waals surface area contributed by atoms with Gasteiger partial charge in [0.05, 0.1) is 29.8 Å². The topological polar surface area (TPSA) is 187 Å². The highest BCUT2D eigenvalue weighted by molar-refractivity contribution is 7.19. The zero-order chi connectivity index (χ0) is 40.9. The number of nitrogens with zero attached hydrogens (tertiary/aromatic N) is 10. The second-order valence-electron chi connectivity index (χ2n) is 16.3. The van der Waals surface area contributed by atoms with E-state index in [1.165, 1.54) is 22.3 Å². The summed E-state index contributed by atoms with van der Waals surface area (Å²) >= 11 is 3.28. The Morgan fingerprint density at radius 2 is 1.23 bits per heavy atom. The normalized spacial score (nSPS) is 19.1. The maximum Gasteiger partial charge on any atom is 0.306 e. The Bertz CT molecular complexity index is 2720. The summed E-state index contributed by atoms with van der Waals surface area (Å²) in [6.45, 7) is 3.13. The van der Waals surface area contributed by atoms with E-state index in [-0.39, 0.29) is 11.8 Å². The molecule has 1 saturated heterocycles. The number of fused-ring (bicyclic) bond motifs is 8. The number of pyridine rings is 2. The highest BCUT2D eigenvalue weighted by Crippen LogP contribution is 2.42. The lowest BCUT2D eigenvalue weighted by molar-refractivity contribution is -0.142. The second kappa shape index (κ2) is 16.0. The Kier molecular flexibility index (Phi) is 10.3. The van der Waals surface area contributed by atoms with Gasteiger partial charge in [-0.25, -0.2) is 29.9 Å². The smallest absolute Gasteiger partial charge is 0.306 e. The molecule has 9 heterocycles. The molecule has 11 rings (SSSR count). The number of carbonyl (C=O) groups excluding carboxylic acids is 1. The highest BCUT2D eigenvalue weighted by Gasteiger charge is 2.34. The summed E-state index contributed by atoms with van der Waals surface area (Å²) in [5, 5.41) is 18.1. The minimum Gasteiger partial charge on any atom is -0.481 e. The van der Waals surface area contributed by atoms with Crippen molar-refractivity contribution in [3.05, 3.63) is 80.3 Å². The van der Waals surface area contributed by atoms with E-state index in [1.54, 1.807) is 29.0 Å². The van der Waals surface area contributed by atoms with Crippen molar-refractivity contribution in [1.82, 2.24) is 39.7 Å². The van der Waals surface area contributed by atoms with Gasteiger partial charge in [0.1, 0.15) is 45.6 Å². The SMILES string of the molecule is CN(C)C1CCN(C(=O)[C@H]2CCc3c(sc4ncnc(Nc5cc6c(cn5)CN=C6)c34)C2)CC1.O=C(O)[C@H]1CCc2c(sc3ncnc(Nc4cc5c(cn4)CN=C5)c23)C1. The fourth-order valence-electron chi connectivity index (χ4n) is 9.06. The van der Waals surface area contributed by atoms with Crippen LogP contribution in [0, 0.1) is 11.8 Å². The highest BCUT2D eigenvalue weighted by atomic mass is 32.1. The number of rotatable bonds is 7. The zero-order valence-electron chi connectivity index (χ0n) is 33.4. The van der Waals surface area contributed by atoms with Crippen molar-refractivity contribution in [2.75, 3.05) is 37.8 Å². The molecule has 6 aromatic rings. The predicted octanol–water partition coefficient (Wildman–Crippen LogP) is 6.37. The van der Waals surface area contributed by atoms with Gasteiger partial charge in [-0.15, -0.1) is 22.7 Å². The second-order valence-corrected chi connectivity index (χ2v) is 18.4. The van der Waals surface area contributed by atoms with Crippen molar-refractivity contribution >= 4 is 90.7 Å². The summed E-state index contributed by atoms with van der Waals surface area (Å²) in [6.07, 6.45) is 17.3. The zero-order valence-corrected chi connectivity index (χ0v) is 35.0. The standard InChI is InChI=1S/C25H29N7OS.C18H15N5O2S/c1-31(2)18-5-7-32(8-6-18)25(33)15-3-4-19-20(9-15)34-24-22(19)23(28-14-29-24)30-21-10-16-11-26-12-17(16)13-27-21;24-18(25)9-1-2-12-13(3-9)26-17-15(12)16(21-8-22-17)23-14-4-10-5-19-6-11(10)7-20-14/h10-11,13-15,18H,3-9,12H2,1-2H3,(H,27,28,29,30);4-5,7-9H,1-3,6H2,(H,24,25)(H,20,21,22,23)/t15-;9-/m00/s1. The number of hydrogen-bond donors (Lipinski definition) is 3. The molecule has 15 nitrogen and oxygen atoms in total. The molecule has 1 fully saturated rings. The molecule has 0 spiro atoms. The van der Waals surface area contributed by atoms with E-state index in [9.17, 15) is 14.7 Å². The number of carboxylic acid groups (broad SMARTS) is 1. The number of carboxylic acids is 1. The molecular weight excluding hydrogens is 797 g/mol. The third kappa shape index (κ3) is 7.38. The number of aliphatic imine (C=N–C) groups is 2. The summed E-state index contributed by atoms with van der Waals surface area (Å²) in [4.78, 5) is 68.8. The van der Waals surface area contributed by atoms with Gasteiger partial charge in [-0.1, -0.05) is 0 Å². The summed E-state index contributed by atoms with van der Waals surface area (Å²) in [5.74, 6) is 2.36. The number of anilines is 4. The molecule has 6 aromatic heterocycles. The molecular formula is C43H44N12O3S2. The van der Waals surface area contributed by atoms with Crippen LogP contribution in [0.25, 0.3) is 20.4 Å². The molecule has 306 valence electrons. The van der Waals surface area contributed by atoms with Gasteiger partial charge in [-0.3, -0.25) is 19.6 Å². The monoisotopic (exact) mass is 840 g/mol. The molecule has 0 aromatic carbocycles. The maximum absolute atomic E-state index is 13.3. The average Bonchev–Trinajstić information content (AvgIpc) is 4.08. The molecule has 1 amide bonds.